The summed E-state index contributed by atoms with van der Waals surface area (Å²) in [6, 6.07) is 10.3. The van der Waals surface area contributed by atoms with E-state index in [2.05, 4.69) is 22.9 Å². The Labute approximate surface area is 115 Å². The van der Waals surface area contributed by atoms with E-state index in [0.29, 0.717) is 0 Å². The zero-order chi connectivity index (χ0) is 14.1. The first-order valence-electron chi connectivity index (χ1n) is 6.58. The number of carbonyl (C=O) groups excluding carboxylic acids is 1. The molecule has 0 unspecified atom stereocenters. The molecule has 1 rings (SSSR count). The Morgan fingerprint density at radius 3 is 2.53 bits per heavy atom. The first-order chi connectivity index (χ1) is 9.13. The number of hydrogen-bond donors (Lipinski definition) is 0. The zero-order valence-corrected chi connectivity index (χ0v) is 11.8. The minimum atomic E-state index is -0.633. The number of rotatable bonds is 6. The number of methoxy groups -OCH3 is 1. The largest absolute Gasteiger partial charge is 0.508 e. The monoisotopic (exact) mass is 262 g/mol. The second kappa shape index (κ2) is 8.35. The summed E-state index contributed by atoms with van der Waals surface area (Å²) >= 11 is 0. The van der Waals surface area contributed by atoms with Crippen LogP contribution in [0.5, 0.6) is 0 Å². The number of ether oxygens (including phenoxy) is 2. The van der Waals surface area contributed by atoms with Crippen LogP contribution in [0.15, 0.2) is 42.5 Å². The minimum Gasteiger partial charge on any atom is -0.438 e. The van der Waals surface area contributed by atoms with Crippen LogP contribution < -0.4 is 0 Å². The average molecular weight is 262 g/mol. The number of carbonyl (C=O) groups is 1. The van der Waals surface area contributed by atoms with Gasteiger partial charge in [0.2, 0.25) is 0 Å². The highest BCUT2D eigenvalue weighted by Crippen LogP contribution is 2.10. The van der Waals surface area contributed by atoms with Crippen LogP contribution in [0.3, 0.4) is 0 Å². The van der Waals surface area contributed by atoms with E-state index in [0.717, 1.165) is 12.8 Å². The summed E-state index contributed by atoms with van der Waals surface area (Å²) in [5.74, 6) is 0.229. The summed E-state index contributed by atoms with van der Waals surface area (Å²) in [5, 5.41) is 0. The fraction of sp³-hybridized carbons (Fsp3) is 0.438. The summed E-state index contributed by atoms with van der Waals surface area (Å²) < 4.78 is 9.68. The fourth-order valence-corrected chi connectivity index (χ4v) is 1.68. The van der Waals surface area contributed by atoms with E-state index in [1.165, 1.54) is 12.7 Å². The predicted molar refractivity (Wildman–Crippen MR) is 76.0 cm³/mol. The first kappa shape index (κ1) is 15.3. The second-order valence-corrected chi connectivity index (χ2v) is 4.73. The van der Waals surface area contributed by atoms with Crippen molar-refractivity contribution >= 4 is 6.16 Å². The Morgan fingerprint density at radius 2 is 1.95 bits per heavy atom. The van der Waals surface area contributed by atoms with Gasteiger partial charge in [0.25, 0.3) is 0 Å². The lowest BCUT2D eigenvalue weighted by Gasteiger charge is -2.16. The Hall–Kier alpha value is -1.77. The van der Waals surface area contributed by atoms with E-state index in [1.54, 1.807) is 0 Å². The fourth-order valence-electron chi connectivity index (χ4n) is 1.68. The number of hydrogen-bond acceptors (Lipinski definition) is 3. The van der Waals surface area contributed by atoms with E-state index in [1.807, 2.05) is 38.1 Å². The number of aryl methyl sites for hydroxylation is 1. The summed E-state index contributed by atoms with van der Waals surface area (Å²) in [6.07, 6.45) is 5.04. The minimum absolute atomic E-state index is 0.229. The van der Waals surface area contributed by atoms with Crippen LogP contribution >= 0.6 is 0 Å². The van der Waals surface area contributed by atoms with Gasteiger partial charge in [-0.1, -0.05) is 50.3 Å². The molecule has 104 valence electrons. The number of benzene rings is 1. The van der Waals surface area contributed by atoms with Crippen LogP contribution in [0.1, 0.15) is 25.8 Å². The summed E-state index contributed by atoms with van der Waals surface area (Å²) in [6.45, 7) is 4.02. The molecule has 0 fully saturated rings. The van der Waals surface area contributed by atoms with Gasteiger partial charge in [-0.25, -0.2) is 4.79 Å². The third kappa shape index (κ3) is 6.09. The van der Waals surface area contributed by atoms with Gasteiger partial charge in [0.05, 0.1) is 7.11 Å². The number of allylic oxidation sites excluding steroid dienone is 1. The summed E-state index contributed by atoms with van der Waals surface area (Å²) in [5.41, 5.74) is 1.31. The van der Waals surface area contributed by atoms with Gasteiger partial charge in [0.15, 0.2) is 0 Å². The standard InChI is InChI=1S/C16H22O3/c1-13(2)15(19-16(17)18-3)12-8-7-11-14-9-5-4-6-10-14/h4-6,8-10,12-13,15H,7,11H2,1-3H3/b12-8-/t15-/m1/s1. The van der Waals surface area contributed by atoms with Gasteiger partial charge < -0.3 is 9.47 Å². The predicted octanol–water partition coefficient (Wildman–Crippen LogP) is 3.98. The summed E-state index contributed by atoms with van der Waals surface area (Å²) in [4.78, 5) is 11.1. The molecule has 0 radical (unpaired) electrons. The van der Waals surface area contributed by atoms with Crippen LogP contribution in [-0.2, 0) is 15.9 Å². The van der Waals surface area contributed by atoms with E-state index < -0.39 is 6.16 Å². The molecule has 0 amide bonds. The van der Waals surface area contributed by atoms with Crippen molar-refractivity contribution in [2.75, 3.05) is 7.11 Å². The highest BCUT2D eigenvalue weighted by Gasteiger charge is 2.15. The molecule has 0 aliphatic carbocycles. The van der Waals surface area contributed by atoms with Gasteiger partial charge in [-0.3, -0.25) is 0 Å². The molecule has 0 saturated carbocycles. The van der Waals surface area contributed by atoms with Crippen LogP contribution in [0.2, 0.25) is 0 Å². The zero-order valence-electron chi connectivity index (χ0n) is 11.8. The van der Waals surface area contributed by atoms with Crippen molar-refractivity contribution in [3.05, 3.63) is 48.0 Å². The molecule has 0 bridgehead atoms. The Morgan fingerprint density at radius 1 is 1.26 bits per heavy atom. The van der Waals surface area contributed by atoms with Gasteiger partial charge in [-0.15, -0.1) is 0 Å². The molecule has 3 nitrogen and oxygen atoms in total. The Balaban J connectivity index is 2.41. The van der Waals surface area contributed by atoms with Crippen LogP contribution in [0.25, 0.3) is 0 Å². The normalized spacial score (nSPS) is 12.6. The maximum Gasteiger partial charge on any atom is 0.508 e. The van der Waals surface area contributed by atoms with Crippen LogP contribution in [0, 0.1) is 5.92 Å². The van der Waals surface area contributed by atoms with Crippen molar-refractivity contribution in [3.8, 4) is 0 Å². The SMILES string of the molecule is COC(=O)O[C@H](/C=C\CCc1ccccc1)C(C)C. The van der Waals surface area contributed by atoms with Crippen LogP contribution in [0.4, 0.5) is 4.79 Å². The lowest BCUT2D eigenvalue weighted by molar-refractivity contribution is 0.0379. The van der Waals surface area contributed by atoms with E-state index in [-0.39, 0.29) is 12.0 Å². The highest BCUT2D eigenvalue weighted by atomic mass is 16.7. The van der Waals surface area contributed by atoms with Crippen molar-refractivity contribution in [3.63, 3.8) is 0 Å². The molecule has 0 spiro atoms. The molecule has 1 aromatic rings. The maximum atomic E-state index is 11.1. The quantitative estimate of drug-likeness (QED) is 0.574. The van der Waals surface area contributed by atoms with Crippen molar-refractivity contribution in [2.45, 2.75) is 32.8 Å². The maximum absolute atomic E-state index is 11.1. The molecule has 0 aliphatic rings. The molecule has 1 aromatic carbocycles. The molecule has 0 aliphatic heterocycles. The topological polar surface area (TPSA) is 35.5 Å². The molecule has 0 saturated heterocycles. The third-order valence-electron chi connectivity index (χ3n) is 2.82. The Kier molecular flexibility index (Phi) is 6.72. The molecule has 3 heteroatoms. The molecular weight excluding hydrogens is 240 g/mol. The molecule has 0 aromatic heterocycles. The molecule has 1 atom stereocenters. The van der Waals surface area contributed by atoms with E-state index in [4.69, 9.17) is 4.74 Å². The third-order valence-corrected chi connectivity index (χ3v) is 2.82. The average Bonchev–Trinajstić information content (AvgIpc) is 2.42. The first-order valence-corrected chi connectivity index (χ1v) is 6.58. The van der Waals surface area contributed by atoms with Gasteiger partial charge in [-0.2, -0.15) is 0 Å². The van der Waals surface area contributed by atoms with Crippen LogP contribution in [-0.4, -0.2) is 19.4 Å². The van der Waals surface area contributed by atoms with Gasteiger partial charge in [0.1, 0.15) is 6.10 Å². The van der Waals surface area contributed by atoms with Gasteiger partial charge >= 0.3 is 6.16 Å². The van der Waals surface area contributed by atoms with Crippen molar-refractivity contribution in [1.29, 1.82) is 0 Å². The second-order valence-electron chi connectivity index (χ2n) is 4.73. The lowest BCUT2D eigenvalue weighted by Crippen LogP contribution is -2.21. The lowest BCUT2D eigenvalue weighted by atomic mass is 10.1. The van der Waals surface area contributed by atoms with Crippen molar-refractivity contribution in [1.82, 2.24) is 0 Å². The van der Waals surface area contributed by atoms with Gasteiger partial charge in [-0.05, 0) is 30.4 Å². The van der Waals surface area contributed by atoms with Gasteiger partial charge in [0, 0.05) is 0 Å². The summed E-state index contributed by atoms with van der Waals surface area (Å²) in [7, 11) is 1.32. The van der Waals surface area contributed by atoms with Crippen molar-refractivity contribution < 1.29 is 14.3 Å². The van der Waals surface area contributed by atoms with Crippen molar-refractivity contribution in [2.24, 2.45) is 5.92 Å². The Bertz CT molecular complexity index is 396. The highest BCUT2D eigenvalue weighted by molar-refractivity contribution is 5.60. The molecule has 0 N–H and O–H groups in total. The molecule has 0 heterocycles. The van der Waals surface area contributed by atoms with E-state index in [9.17, 15) is 4.79 Å². The molecule has 19 heavy (non-hydrogen) atoms. The van der Waals surface area contributed by atoms with E-state index >= 15 is 0 Å². The smallest absolute Gasteiger partial charge is 0.438 e. The molecular formula is C16H22O3.